The third-order valence-electron chi connectivity index (χ3n) is 2.59. The first-order valence-electron chi connectivity index (χ1n) is 5.56. The highest BCUT2D eigenvalue weighted by Crippen LogP contribution is 2.23. The van der Waals surface area contributed by atoms with E-state index in [1.807, 2.05) is 6.07 Å². The molecule has 19 heavy (non-hydrogen) atoms. The molecule has 6 heteroatoms. The van der Waals surface area contributed by atoms with Crippen LogP contribution in [0.15, 0.2) is 53.4 Å². The lowest BCUT2D eigenvalue weighted by Gasteiger charge is -2.08. The average molecular weight is 276 g/mol. The molecule has 2 rings (SSSR count). The molecule has 2 aromatic rings. The minimum Gasteiger partial charge on any atom is -0.301 e. The van der Waals surface area contributed by atoms with Gasteiger partial charge in [-0.1, -0.05) is 24.3 Å². The van der Waals surface area contributed by atoms with Crippen LogP contribution in [-0.2, 0) is 11.0 Å². The second kappa shape index (κ2) is 5.62. The maximum absolute atomic E-state index is 12.1. The minimum atomic E-state index is -1.44. The van der Waals surface area contributed by atoms with Gasteiger partial charge in [0.05, 0.1) is 15.5 Å². The van der Waals surface area contributed by atoms with Gasteiger partial charge in [-0.3, -0.25) is 10.1 Å². The predicted octanol–water partition coefficient (Wildman–Crippen LogP) is 3.04. The number of rotatable bonds is 4. The van der Waals surface area contributed by atoms with Gasteiger partial charge in [-0.15, -0.1) is 0 Å². The summed E-state index contributed by atoms with van der Waals surface area (Å²) < 4.78 is 14.9. The van der Waals surface area contributed by atoms with Gasteiger partial charge >= 0.3 is 0 Å². The van der Waals surface area contributed by atoms with Crippen LogP contribution < -0.4 is 4.72 Å². The first kappa shape index (κ1) is 13.2. The van der Waals surface area contributed by atoms with E-state index >= 15 is 0 Å². The summed E-state index contributed by atoms with van der Waals surface area (Å²) in [7, 11) is -1.44. The SMILES string of the molecule is Cc1ccc([N+](=O)[O-])cc1N[S@@](=O)c1ccccc1. The number of hydrogen-bond acceptors (Lipinski definition) is 3. The number of nitro groups is 1. The maximum Gasteiger partial charge on any atom is 0.271 e. The summed E-state index contributed by atoms with van der Waals surface area (Å²) in [6.45, 7) is 1.80. The van der Waals surface area contributed by atoms with Crippen molar-refractivity contribution in [2.24, 2.45) is 0 Å². The van der Waals surface area contributed by atoms with Crippen LogP contribution >= 0.6 is 0 Å². The zero-order valence-electron chi connectivity index (χ0n) is 10.2. The van der Waals surface area contributed by atoms with E-state index in [1.165, 1.54) is 12.1 Å². The number of benzene rings is 2. The summed E-state index contributed by atoms with van der Waals surface area (Å²) in [5.41, 5.74) is 1.27. The zero-order chi connectivity index (χ0) is 13.8. The van der Waals surface area contributed by atoms with Crippen molar-refractivity contribution in [2.75, 3.05) is 4.72 Å². The van der Waals surface area contributed by atoms with Crippen molar-refractivity contribution in [3.8, 4) is 0 Å². The van der Waals surface area contributed by atoms with E-state index in [2.05, 4.69) is 4.72 Å². The Morgan fingerprint density at radius 1 is 1.16 bits per heavy atom. The molecule has 1 N–H and O–H groups in total. The zero-order valence-corrected chi connectivity index (χ0v) is 11.0. The molecule has 0 amide bonds. The molecule has 2 aromatic carbocycles. The van der Waals surface area contributed by atoms with Crippen LogP contribution in [0.2, 0.25) is 0 Å². The molecule has 5 nitrogen and oxygen atoms in total. The molecule has 0 saturated carbocycles. The van der Waals surface area contributed by atoms with Gasteiger partial charge in [-0.2, -0.15) is 0 Å². The first-order valence-corrected chi connectivity index (χ1v) is 6.71. The fourth-order valence-corrected chi connectivity index (χ4v) is 2.48. The summed E-state index contributed by atoms with van der Waals surface area (Å²) in [5.74, 6) is 0. The number of nitrogens with zero attached hydrogens (tertiary/aromatic N) is 1. The Morgan fingerprint density at radius 2 is 1.84 bits per heavy atom. The van der Waals surface area contributed by atoms with Crippen molar-refractivity contribution in [1.82, 2.24) is 0 Å². The van der Waals surface area contributed by atoms with Crippen LogP contribution in [-0.4, -0.2) is 9.13 Å². The Labute approximate surface area is 113 Å². The maximum atomic E-state index is 12.1. The summed E-state index contributed by atoms with van der Waals surface area (Å²) in [6, 6.07) is 13.3. The Morgan fingerprint density at radius 3 is 2.47 bits per heavy atom. The molecule has 0 heterocycles. The molecule has 0 fully saturated rings. The quantitative estimate of drug-likeness (QED) is 0.689. The van der Waals surface area contributed by atoms with E-state index in [9.17, 15) is 14.3 Å². The molecule has 0 spiro atoms. The van der Waals surface area contributed by atoms with Gasteiger partial charge < -0.3 is 4.72 Å². The molecule has 1 atom stereocenters. The molecule has 98 valence electrons. The van der Waals surface area contributed by atoms with Crippen LogP contribution in [0.5, 0.6) is 0 Å². The molecule has 0 aliphatic carbocycles. The first-order chi connectivity index (χ1) is 9.08. The van der Waals surface area contributed by atoms with Crippen molar-refractivity contribution < 1.29 is 9.13 Å². The van der Waals surface area contributed by atoms with Crippen LogP contribution in [0, 0.1) is 17.0 Å². The number of nitro benzene ring substituents is 1. The number of nitrogens with one attached hydrogen (secondary N) is 1. The number of non-ortho nitro benzene ring substituents is 1. The average Bonchev–Trinajstić information content (AvgIpc) is 2.42. The van der Waals surface area contributed by atoms with E-state index in [0.717, 1.165) is 5.56 Å². The van der Waals surface area contributed by atoms with Crippen LogP contribution in [0.25, 0.3) is 0 Å². The molecule has 0 unspecified atom stereocenters. The third-order valence-corrected chi connectivity index (χ3v) is 3.70. The second-order valence-electron chi connectivity index (χ2n) is 3.94. The highest BCUT2D eigenvalue weighted by Gasteiger charge is 2.11. The molecule has 0 aromatic heterocycles. The largest absolute Gasteiger partial charge is 0.301 e. The molecule has 0 bridgehead atoms. The Hall–Kier alpha value is -2.21. The van der Waals surface area contributed by atoms with E-state index < -0.39 is 15.9 Å². The number of aryl methyl sites for hydroxylation is 1. The number of hydrogen-bond donors (Lipinski definition) is 1. The van der Waals surface area contributed by atoms with Crippen molar-refractivity contribution >= 4 is 22.4 Å². The van der Waals surface area contributed by atoms with Gasteiger partial charge in [0.1, 0.15) is 11.0 Å². The fraction of sp³-hybridized carbons (Fsp3) is 0.0769. The van der Waals surface area contributed by atoms with Crippen molar-refractivity contribution in [2.45, 2.75) is 11.8 Å². The van der Waals surface area contributed by atoms with Crippen LogP contribution in [0.3, 0.4) is 0 Å². The lowest BCUT2D eigenvalue weighted by atomic mass is 10.2. The highest BCUT2D eigenvalue weighted by molar-refractivity contribution is 7.86. The molecule has 0 aliphatic heterocycles. The smallest absolute Gasteiger partial charge is 0.271 e. The lowest BCUT2D eigenvalue weighted by Crippen LogP contribution is -2.06. The van der Waals surface area contributed by atoms with Gasteiger partial charge in [0, 0.05) is 12.1 Å². The highest BCUT2D eigenvalue weighted by atomic mass is 32.2. The second-order valence-corrected chi connectivity index (χ2v) is 5.15. The Kier molecular flexibility index (Phi) is 3.91. The van der Waals surface area contributed by atoms with Gasteiger partial charge in [0.15, 0.2) is 0 Å². The van der Waals surface area contributed by atoms with Gasteiger partial charge in [-0.25, -0.2) is 4.21 Å². The number of anilines is 1. The molecule has 0 saturated heterocycles. The van der Waals surface area contributed by atoms with E-state index in [0.29, 0.717) is 10.6 Å². The van der Waals surface area contributed by atoms with E-state index in [1.54, 1.807) is 37.3 Å². The topological polar surface area (TPSA) is 72.2 Å². The normalized spacial score (nSPS) is 11.8. The van der Waals surface area contributed by atoms with E-state index in [-0.39, 0.29) is 5.69 Å². The van der Waals surface area contributed by atoms with E-state index in [4.69, 9.17) is 0 Å². The van der Waals surface area contributed by atoms with Crippen molar-refractivity contribution in [3.63, 3.8) is 0 Å². The molecule has 0 radical (unpaired) electrons. The fourth-order valence-electron chi connectivity index (χ4n) is 1.54. The molecular weight excluding hydrogens is 264 g/mol. The summed E-state index contributed by atoms with van der Waals surface area (Å²) in [4.78, 5) is 10.9. The predicted molar refractivity (Wildman–Crippen MR) is 74.3 cm³/mol. The Bertz CT molecular complexity index is 629. The molecule has 0 aliphatic rings. The summed E-state index contributed by atoms with van der Waals surface area (Å²) in [5, 5.41) is 10.7. The van der Waals surface area contributed by atoms with Gasteiger partial charge in [0.25, 0.3) is 5.69 Å². The van der Waals surface area contributed by atoms with Gasteiger partial charge in [0.2, 0.25) is 0 Å². The summed E-state index contributed by atoms with van der Waals surface area (Å²) in [6.07, 6.45) is 0. The Balaban J connectivity index is 2.26. The van der Waals surface area contributed by atoms with Crippen LogP contribution in [0.1, 0.15) is 5.56 Å². The van der Waals surface area contributed by atoms with Crippen molar-refractivity contribution in [1.29, 1.82) is 0 Å². The standard InChI is InChI=1S/C13H12N2O3S/c1-10-7-8-11(15(16)17)9-13(10)14-19(18)12-5-3-2-4-6-12/h2-9,14H,1H3/t19-/m0/s1. The van der Waals surface area contributed by atoms with Gasteiger partial charge in [-0.05, 0) is 24.6 Å². The summed E-state index contributed by atoms with van der Waals surface area (Å²) >= 11 is 0. The lowest BCUT2D eigenvalue weighted by molar-refractivity contribution is -0.384. The minimum absolute atomic E-state index is 0.0295. The molecular formula is C13H12N2O3S. The monoisotopic (exact) mass is 276 g/mol. The van der Waals surface area contributed by atoms with Crippen molar-refractivity contribution in [3.05, 3.63) is 64.2 Å². The third kappa shape index (κ3) is 3.17. The van der Waals surface area contributed by atoms with Crippen LogP contribution in [0.4, 0.5) is 11.4 Å².